The summed E-state index contributed by atoms with van der Waals surface area (Å²) >= 11 is 1.40. The van der Waals surface area contributed by atoms with Gasteiger partial charge in [-0.15, -0.1) is 11.3 Å². The zero-order chi connectivity index (χ0) is 14.4. The third kappa shape index (κ3) is 4.28. The topological polar surface area (TPSA) is 77.5 Å². The van der Waals surface area contributed by atoms with Crippen molar-refractivity contribution in [3.8, 4) is 0 Å². The van der Waals surface area contributed by atoms with E-state index in [2.05, 4.69) is 15.0 Å². The molecule has 0 aliphatic carbocycles. The van der Waals surface area contributed by atoms with Gasteiger partial charge in [0, 0.05) is 18.4 Å². The first-order chi connectivity index (χ1) is 9.69. The van der Waals surface area contributed by atoms with Gasteiger partial charge in [0.15, 0.2) is 5.13 Å². The molecule has 0 saturated carbocycles. The smallest absolute Gasteiger partial charge is 0.305 e. The summed E-state index contributed by atoms with van der Waals surface area (Å²) in [6, 6.07) is 0. The number of thiazole rings is 1. The quantitative estimate of drug-likeness (QED) is 0.807. The summed E-state index contributed by atoms with van der Waals surface area (Å²) in [5.74, 6) is -0.311. The highest BCUT2D eigenvalue weighted by molar-refractivity contribution is 7.13. The summed E-state index contributed by atoms with van der Waals surface area (Å²) in [7, 11) is 1.38. The molecule has 0 radical (unpaired) electrons. The number of carbonyl (C=O) groups is 2. The van der Waals surface area contributed by atoms with E-state index < -0.39 is 0 Å². The van der Waals surface area contributed by atoms with Gasteiger partial charge >= 0.3 is 5.97 Å². The molecule has 1 atom stereocenters. The normalized spacial score (nSPS) is 17.9. The zero-order valence-corrected chi connectivity index (χ0v) is 12.2. The molecule has 1 aromatic heterocycles. The number of hydrogen-bond acceptors (Lipinski definition) is 6. The summed E-state index contributed by atoms with van der Waals surface area (Å²) in [5, 5.41) is 5.32. The predicted molar refractivity (Wildman–Crippen MR) is 74.6 cm³/mol. The number of nitrogens with zero attached hydrogens (tertiary/aromatic N) is 1. The molecule has 110 valence electrons. The molecule has 1 unspecified atom stereocenters. The monoisotopic (exact) mass is 298 g/mol. The maximum atomic E-state index is 11.9. The van der Waals surface area contributed by atoms with Crippen molar-refractivity contribution in [1.82, 2.24) is 4.98 Å². The van der Waals surface area contributed by atoms with E-state index in [1.54, 1.807) is 0 Å². The van der Waals surface area contributed by atoms with Crippen LogP contribution in [0.25, 0.3) is 0 Å². The predicted octanol–water partition coefficient (Wildman–Crippen LogP) is 1.61. The Labute approximate surface area is 121 Å². The number of carbonyl (C=O) groups excluding carboxylic acids is 2. The van der Waals surface area contributed by atoms with Gasteiger partial charge in [0.05, 0.1) is 25.3 Å². The number of ether oxygens (including phenoxy) is 2. The molecular weight excluding hydrogens is 280 g/mol. The standard InChI is InChI=1S/C13H18N2O4S/c1-18-11(16)4-2-3-10-8-20-13(14-10)15-12(17)9-5-6-19-7-9/h8-9H,2-7H2,1H3,(H,14,15,17). The van der Waals surface area contributed by atoms with Gasteiger partial charge < -0.3 is 14.8 Å². The highest BCUT2D eigenvalue weighted by Gasteiger charge is 2.24. The number of anilines is 1. The van der Waals surface area contributed by atoms with Crippen LogP contribution < -0.4 is 5.32 Å². The minimum Gasteiger partial charge on any atom is -0.469 e. The number of aromatic nitrogens is 1. The summed E-state index contributed by atoms with van der Waals surface area (Å²) in [6.07, 6.45) is 2.55. The fourth-order valence-electron chi connectivity index (χ4n) is 1.94. The Kier molecular flexibility index (Phi) is 5.49. The number of aryl methyl sites for hydroxylation is 1. The Bertz CT molecular complexity index is 469. The average molecular weight is 298 g/mol. The fourth-order valence-corrected chi connectivity index (χ4v) is 2.69. The second-order valence-corrected chi connectivity index (χ2v) is 5.48. The average Bonchev–Trinajstić information content (AvgIpc) is 3.10. The van der Waals surface area contributed by atoms with Gasteiger partial charge in [0.25, 0.3) is 0 Å². The zero-order valence-electron chi connectivity index (χ0n) is 11.4. The van der Waals surface area contributed by atoms with Crippen molar-refractivity contribution in [2.75, 3.05) is 25.6 Å². The van der Waals surface area contributed by atoms with Crippen LogP contribution in [0.2, 0.25) is 0 Å². The largest absolute Gasteiger partial charge is 0.469 e. The Morgan fingerprint density at radius 2 is 2.45 bits per heavy atom. The molecule has 20 heavy (non-hydrogen) atoms. The maximum Gasteiger partial charge on any atom is 0.305 e. The highest BCUT2D eigenvalue weighted by Crippen LogP contribution is 2.20. The van der Waals surface area contributed by atoms with Crippen molar-refractivity contribution in [2.24, 2.45) is 5.92 Å². The summed E-state index contributed by atoms with van der Waals surface area (Å²) in [6.45, 7) is 1.14. The first kappa shape index (κ1) is 14.9. The van der Waals surface area contributed by atoms with Crippen LogP contribution in [0.15, 0.2) is 5.38 Å². The Hall–Kier alpha value is -1.47. The van der Waals surface area contributed by atoms with Crippen LogP contribution >= 0.6 is 11.3 Å². The van der Waals surface area contributed by atoms with Gasteiger partial charge in [-0.1, -0.05) is 0 Å². The number of methoxy groups -OCH3 is 1. The first-order valence-electron chi connectivity index (χ1n) is 6.59. The molecule has 1 fully saturated rings. The van der Waals surface area contributed by atoms with Crippen LogP contribution in [-0.2, 0) is 25.5 Å². The lowest BCUT2D eigenvalue weighted by Gasteiger charge is -2.05. The number of amides is 1. The van der Waals surface area contributed by atoms with Gasteiger partial charge in [0.2, 0.25) is 5.91 Å². The molecule has 1 aliphatic rings. The summed E-state index contributed by atoms with van der Waals surface area (Å²) < 4.78 is 9.76. The van der Waals surface area contributed by atoms with Crippen LogP contribution in [0, 0.1) is 5.92 Å². The fraction of sp³-hybridized carbons (Fsp3) is 0.615. The van der Waals surface area contributed by atoms with Crippen LogP contribution in [0.1, 0.15) is 25.0 Å². The van der Waals surface area contributed by atoms with Crippen LogP contribution in [0.3, 0.4) is 0 Å². The molecule has 2 rings (SSSR count). The van der Waals surface area contributed by atoms with E-state index in [-0.39, 0.29) is 17.8 Å². The van der Waals surface area contributed by atoms with E-state index in [4.69, 9.17) is 4.74 Å². The third-order valence-electron chi connectivity index (χ3n) is 3.12. The molecule has 0 aromatic carbocycles. The van der Waals surface area contributed by atoms with Gasteiger partial charge in [-0.25, -0.2) is 4.98 Å². The van der Waals surface area contributed by atoms with Crippen molar-refractivity contribution in [3.05, 3.63) is 11.1 Å². The van der Waals surface area contributed by atoms with Crippen LogP contribution in [-0.4, -0.2) is 37.2 Å². The number of rotatable bonds is 6. The SMILES string of the molecule is COC(=O)CCCc1csc(NC(=O)C2CCOC2)n1. The molecule has 0 bridgehead atoms. The molecule has 1 aromatic rings. The molecule has 1 amide bonds. The van der Waals surface area contributed by atoms with Crippen molar-refractivity contribution in [3.63, 3.8) is 0 Å². The molecule has 1 saturated heterocycles. The van der Waals surface area contributed by atoms with Crippen molar-refractivity contribution < 1.29 is 19.1 Å². The van der Waals surface area contributed by atoms with Crippen molar-refractivity contribution in [2.45, 2.75) is 25.7 Å². The Morgan fingerprint density at radius 3 is 3.15 bits per heavy atom. The van der Waals surface area contributed by atoms with Crippen molar-refractivity contribution in [1.29, 1.82) is 0 Å². The second kappa shape index (κ2) is 7.35. The minimum absolute atomic E-state index is 0.0297. The number of esters is 1. The van der Waals surface area contributed by atoms with E-state index >= 15 is 0 Å². The lowest BCUT2D eigenvalue weighted by atomic mass is 10.1. The number of hydrogen-bond donors (Lipinski definition) is 1. The van der Waals surface area contributed by atoms with Crippen LogP contribution in [0.5, 0.6) is 0 Å². The van der Waals surface area contributed by atoms with Gasteiger partial charge in [-0.2, -0.15) is 0 Å². The molecule has 7 heteroatoms. The molecule has 2 heterocycles. The van der Waals surface area contributed by atoms with Crippen molar-refractivity contribution >= 4 is 28.3 Å². The number of nitrogens with one attached hydrogen (secondary N) is 1. The lowest BCUT2D eigenvalue weighted by Crippen LogP contribution is -2.22. The Balaban J connectivity index is 1.76. The Morgan fingerprint density at radius 1 is 1.60 bits per heavy atom. The van der Waals surface area contributed by atoms with E-state index in [0.717, 1.165) is 12.1 Å². The molecular formula is C13H18N2O4S. The molecule has 6 nitrogen and oxygen atoms in total. The van der Waals surface area contributed by atoms with Gasteiger partial charge in [-0.3, -0.25) is 9.59 Å². The minimum atomic E-state index is -0.213. The van der Waals surface area contributed by atoms with E-state index in [1.165, 1.54) is 18.4 Å². The molecule has 0 spiro atoms. The van der Waals surface area contributed by atoms with Gasteiger partial charge in [0.1, 0.15) is 0 Å². The van der Waals surface area contributed by atoms with E-state index in [0.29, 0.717) is 37.6 Å². The second-order valence-electron chi connectivity index (χ2n) is 4.62. The lowest BCUT2D eigenvalue weighted by molar-refractivity contribution is -0.140. The first-order valence-corrected chi connectivity index (χ1v) is 7.47. The highest BCUT2D eigenvalue weighted by atomic mass is 32.1. The van der Waals surface area contributed by atoms with Gasteiger partial charge in [-0.05, 0) is 19.3 Å². The van der Waals surface area contributed by atoms with Crippen LogP contribution in [0.4, 0.5) is 5.13 Å². The summed E-state index contributed by atoms with van der Waals surface area (Å²) in [4.78, 5) is 27.2. The molecule has 1 N–H and O–H groups in total. The summed E-state index contributed by atoms with van der Waals surface area (Å²) in [5.41, 5.74) is 0.886. The molecule has 1 aliphatic heterocycles. The third-order valence-corrected chi connectivity index (χ3v) is 3.93. The maximum absolute atomic E-state index is 11.9. The van der Waals surface area contributed by atoms with E-state index in [1.807, 2.05) is 5.38 Å². The van der Waals surface area contributed by atoms with E-state index in [9.17, 15) is 9.59 Å².